The number of hydrazone groups is 1. The van der Waals surface area contributed by atoms with E-state index < -0.39 is 0 Å². The van der Waals surface area contributed by atoms with Crippen molar-refractivity contribution in [1.29, 1.82) is 0 Å². The van der Waals surface area contributed by atoms with Crippen molar-refractivity contribution in [3.63, 3.8) is 0 Å². The van der Waals surface area contributed by atoms with Gasteiger partial charge in [-0.15, -0.1) is 0 Å². The molecule has 3 aromatic rings. The smallest absolute Gasteiger partial charge is 0.272 e. The molecule has 4 rings (SSSR count). The summed E-state index contributed by atoms with van der Waals surface area (Å²) in [5, 5.41) is 11.3. The molecule has 1 heterocycles. The predicted octanol–water partition coefficient (Wildman–Crippen LogP) is 3.25. The second-order valence-corrected chi connectivity index (χ2v) is 6.20. The molecule has 2 aromatic carbocycles. The van der Waals surface area contributed by atoms with Crippen molar-refractivity contribution < 1.29 is 4.79 Å². The minimum Gasteiger partial charge on any atom is -0.272 e. The summed E-state index contributed by atoms with van der Waals surface area (Å²) in [6.45, 7) is 2.02. The molecule has 1 aliphatic carbocycles. The minimum absolute atomic E-state index is 0.267. The summed E-state index contributed by atoms with van der Waals surface area (Å²) < 4.78 is 0. The molecule has 0 fully saturated rings. The highest BCUT2D eigenvalue weighted by atomic mass is 16.2. The lowest BCUT2D eigenvalue weighted by Gasteiger charge is -2.15. The van der Waals surface area contributed by atoms with E-state index in [1.807, 2.05) is 49.4 Å². The summed E-state index contributed by atoms with van der Waals surface area (Å²) in [5.41, 5.74) is 9.37. The summed E-state index contributed by atoms with van der Waals surface area (Å²) in [7, 11) is 0. The third-order valence-corrected chi connectivity index (χ3v) is 4.43. The van der Waals surface area contributed by atoms with E-state index in [0.717, 1.165) is 40.8 Å². The van der Waals surface area contributed by atoms with Gasteiger partial charge in [0.1, 0.15) is 5.69 Å². The van der Waals surface area contributed by atoms with Crippen LogP contribution in [0.4, 0.5) is 0 Å². The van der Waals surface area contributed by atoms with Crippen LogP contribution in [0, 0.1) is 6.92 Å². The van der Waals surface area contributed by atoms with Crippen molar-refractivity contribution in [2.45, 2.75) is 19.8 Å². The number of hydrogen-bond donors (Lipinski definition) is 2. The lowest BCUT2D eigenvalue weighted by atomic mass is 9.89. The summed E-state index contributed by atoms with van der Waals surface area (Å²) in [5.74, 6) is -0.267. The van der Waals surface area contributed by atoms with Gasteiger partial charge < -0.3 is 0 Å². The summed E-state index contributed by atoms with van der Waals surface area (Å²) in [4.78, 5) is 12.5. The third-order valence-electron chi connectivity index (χ3n) is 4.43. The van der Waals surface area contributed by atoms with Gasteiger partial charge in [-0.2, -0.15) is 10.2 Å². The van der Waals surface area contributed by atoms with E-state index in [0.29, 0.717) is 5.69 Å². The van der Waals surface area contributed by atoms with Crippen LogP contribution in [-0.4, -0.2) is 22.3 Å². The SMILES string of the molecule is Cc1cccc(/C=N\NC(=O)c2[nH]nc3c2CCc2ccccc2-3)c1. The van der Waals surface area contributed by atoms with Crippen LogP contribution < -0.4 is 5.43 Å². The van der Waals surface area contributed by atoms with Crippen LogP contribution >= 0.6 is 0 Å². The Kier molecular flexibility index (Phi) is 3.90. The normalized spacial score (nSPS) is 12.7. The van der Waals surface area contributed by atoms with Crippen LogP contribution in [0.5, 0.6) is 0 Å². The molecule has 0 saturated heterocycles. The zero-order chi connectivity index (χ0) is 17.2. The Hall–Kier alpha value is -3.21. The van der Waals surface area contributed by atoms with Gasteiger partial charge in [0.05, 0.1) is 11.9 Å². The summed E-state index contributed by atoms with van der Waals surface area (Å²) in [6, 6.07) is 16.1. The van der Waals surface area contributed by atoms with Gasteiger partial charge in [-0.3, -0.25) is 9.89 Å². The Morgan fingerprint density at radius 3 is 2.96 bits per heavy atom. The molecule has 0 radical (unpaired) electrons. The Bertz CT molecular complexity index is 971. The summed E-state index contributed by atoms with van der Waals surface area (Å²) >= 11 is 0. The average Bonchev–Trinajstić information content (AvgIpc) is 3.06. The Balaban J connectivity index is 1.54. The maximum atomic E-state index is 12.5. The molecule has 1 amide bonds. The Morgan fingerprint density at radius 1 is 1.20 bits per heavy atom. The zero-order valence-electron chi connectivity index (χ0n) is 13.9. The summed E-state index contributed by atoms with van der Waals surface area (Å²) in [6.07, 6.45) is 3.35. The molecule has 0 aliphatic heterocycles. The van der Waals surface area contributed by atoms with Crippen molar-refractivity contribution >= 4 is 12.1 Å². The fourth-order valence-electron chi connectivity index (χ4n) is 3.22. The van der Waals surface area contributed by atoms with Crippen molar-refractivity contribution in [1.82, 2.24) is 15.6 Å². The van der Waals surface area contributed by atoms with Crippen molar-refractivity contribution in [3.05, 3.63) is 76.5 Å². The minimum atomic E-state index is -0.267. The van der Waals surface area contributed by atoms with Crippen LogP contribution in [0.1, 0.15) is 32.7 Å². The molecule has 0 bridgehead atoms. The highest BCUT2D eigenvalue weighted by molar-refractivity contribution is 5.96. The Morgan fingerprint density at radius 2 is 2.08 bits per heavy atom. The van der Waals surface area contributed by atoms with E-state index in [-0.39, 0.29) is 5.91 Å². The van der Waals surface area contributed by atoms with Gasteiger partial charge in [-0.25, -0.2) is 5.43 Å². The van der Waals surface area contributed by atoms with E-state index in [1.165, 1.54) is 5.56 Å². The first-order chi connectivity index (χ1) is 12.2. The van der Waals surface area contributed by atoms with Gasteiger partial charge in [0.25, 0.3) is 5.91 Å². The van der Waals surface area contributed by atoms with Crippen molar-refractivity contribution in [2.24, 2.45) is 5.10 Å². The lowest BCUT2D eigenvalue weighted by Crippen LogP contribution is -2.20. The van der Waals surface area contributed by atoms with Crippen LogP contribution in [0.2, 0.25) is 0 Å². The van der Waals surface area contributed by atoms with E-state index in [9.17, 15) is 4.79 Å². The monoisotopic (exact) mass is 330 g/mol. The molecule has 0 unspecified atom stereocenters. The standard InChI is InChI=1S/C20H18N4O/c1-13-5-4-6-14(11-13)12-21-24-20(25)19-17-10-9-15-7-2-3-8-16(15)18(17)22-23-19/h2-8,11-12H,9-10H2,1H3,(H,22,23)(H,24,25)/b21-12-. The number of hydrogen-bond acceptors (Lipinski definition) is 3. The number of nitrogens with zero attached hydrogens (tertiary/aromatic N) is 2. The maximum Gasteiger partial charge on any atom is 0.289 e. The van der Waals surface area contributed by atoms with E-state index in [4.69, 9.17) is 0 Å². The number of carbonyl (C=O) groups excluding carboxylic acids is 1. The predicted molar refractivity (Wildman–Crippen MR) is 97.7 cm³/mol. The number of aryl methyl sites for hydroxylation is 2. The molecule has 25 heavy (non-hydrogen) atoms. The molecular formula is C20H18N4O. The molecule has 0 saturated carbocycles. The first-order valence-corrected chi connectivity index (χ1v) is 8.28. The first-order valence-electron chi connectivity index (χ1n) is 8.28. The molecule has 1 aliphatic rings. The van der Waals surface area contributed by atoms with E-state index in [2.05, 4.69) is 26.8 Å². The fourth-order valence-corrected chi connectivity index (χ4v) is 3.22. The number of carbonyl (C=O) groups is 1. The van der Waals surface area contributed by atoms with Crippen LogP contribution in [0.3, 0.4) is 0 Å². The Labute approximate surface area is 145 Å². The first kappa shape index (κ1) is 15.3. The second kappa shape index (κ2) is 6.36. The zero-order valence-corrected chi connectivity index (χ0v) is 13.9. The average molecular weight is 330 g/mol. The number of benzene rings is 2. The number of aromatic nitrogens is 2. The number of rotatable bonds is 3. The molecule has 0 spiro atoms. The highest BCUT2D eigenvalue weighted by Crippen LogP contribution is 2.33. The van der Waals surface area contributed by atoms with Crippen LogP contribution in [0.15, 0.2) is 53.6 Å². The van der Waals surface area contributed by atoms with Gasteiger partial charge in [0.15, 0.2) is 0 Å². The molecule has 5 heteroatoms. The molecular weight excluding hydrogens is 312 g/mol. The van der Waals surface area contributed by atoms with Crippen LogP contribution in [0.25, 0.3) is 11.3 Å². The lowest BCUT2D eigenvalue weighted by molar-refractivity contribution is 0.0949. The molecule has 124 valence electrons. The van der Waals surface area contributed by atoms with Crippen molar-refractivity contribution in [2.75, 3.05) is 0 Å². The highest BCUT2D eigenvalue weighted by Gasteiger charge is 2.24. The van der Waals surface area contributed by atoms with Gasteiger partial charge in [0.2, 0.25) is 0 Å². The van der Waals surface area contributed by atoms with Gasteiger partial charge in [-0.1, -0.05) is 54.1 Å². The number of aromatic amines is 1. The number of amides is 1. The van der Waals surface area contributed by atoms with E-state index >= 15 is 0 Å². The number of fused-ring (bicyclic) bond motifs is 3. The largest absolute Gasteiger partial charge is 0.289 e. The van der Waals surface area contributed by atoms with Gasteiger partial charge >= 0.3 is 0 Å². The molecule has 1 aromatic heterocycles. The second-order valence-electron chi connectivity index (χ2n) is 6.20. The van der Waals surface area contributed by atoms with Crippen LogP contribution in [-0.2, 0) is 12.8 Å². The molecule has 5 nitrogen and oxygen atoms in total. The number of H-pyrrole nitrogens is 1. The number of nitrogens with one attached hydrogen (secondary N) is 2. The topological polar surface area (TPSA) is 70.1 Å². The fraction of sp³-hybridized carbons (Fsp3) is 0.150. The molecule has 2 N–H and O–H groups in total. The quantitative estimate of drug-likeness (QED) is 0.572. The van der Waals surface area contributed by atoms with Crippen molar-refractivity contribution in [3.8, 4) is 11.3 Å². The molecule has 0 atom stereocenters. The third kappa shape index (κ3) is 2.96. The maximum absolute atomic E-state index is 12.5. The van der Waals surface area contributed by atoms with Gasteiger partial charge in [-0.05, 0) is 30.9 Å². The van der Waals surface area contributed by atoms with Gasteiger partial charge in [0, 0.05) is 11.1 Å². The van der Waals surface area contributed by atoms with E-state index in [1.54, 1.807) is 6.21 Å².